The standard InChI is InChI=1S/C16H15N3O2/c17-14-8-4-1-5-11(14)9-10-19-16(21)13-7-3-2-6-12(13)15(20)18-19/h1-8H,9-10,17H2,(H,18,20). The molecular formula is C16H15N3O2. The van der Waals surface area contributed by atoms with Gasteiger partial charge in [0.05, 0.1) is 10.8 Å². The van der Waals surface area contributed by atoms with Crippen LogP contribution in [0.25, 0.3) is 10.8 Å². The van der Waals surface area contributed by atoms with E-state index in [4.69, 9.17) is 5.73 Å². The molecule has 0 radical (unpaired) electrons. The molecular weight excluding hydrogens is 266 g/mol. The van der Waals surface area contributed by atoms with Crippen LogP contribution in [0.2, 0.25) is 0 Å². The summed E-state index contributed by atoms with van der Waals surface area (Å²) in [5, 5.41) is 3.46. The molecule has 5 nitrogen and oxygen atoms in total. The predicted octanol–water partition coefficient (Wildman–Crippen LogP) is 1.51. The summed E-state index contributed by atoms with van der Waals surface area (Å²) in [5.74, 6) is 0. The van der Waals surface area contributed by atoms with Gasteiger partial charge < -0.3 is 5.73 Å². The van der Waals surface area contributed by atoms with Crippen LogP contribution in [-0.2, 0) is 13.0 Å². The van der Waals surface area contributed by atoms with Gasteiger partial charge in [-0.05, 0) is 30.2 Å². The van der Waals surface area contributed by atoms with Crippen molar-refractivity contribution in [3.05, 3.63) is 74.8 Å². The Morgan fingerprint density at radius 2 is 1.62 bits per heavy atom. The predicted molar refractivity (Wildman–Crippen MR) is 83.4 cm³/mol. The second-order valence-electron chi connectivity index (χ2n) is 4.89. The van der Waals surface area contributed by atoms with E-state index in [2.05, 4.69) is 5.10 Å². The van der Waals surface area contributed by atoms with Crippen LogP contribution in [0.1, 0.15) is 5.56 Å². The summed E-state index contributed by atoms with van der Waals surface area (Å²) in [5.41, 5.74) is 7.08. The van der Waals surface area contributed by atoms with Crippen molar-refractivity contribution in [3.63, 3.8) is 0 Å². The number of para-hydroxylation sites is 1. The van der Waals surface area contributed by atoms with E-state index < -0.39 is 0 Å². The molecule has 3 N–H and O–H groups in total. The molecule has 0 atom stereocenters. The Morgan fingerprint density at radius 3 is 2.38 bits per heavy atom. The van der Waals surface area contributed by atoms with Crippen molar-refractivity contribution in [3.8, 4) is 0 Å². The second kappa shape index (κ2) is 5.28. The molecule has 0 spiro atoms. The number of nitrogen functional groups attached to an aromatic ring is 1. The van der Waals surface area contributed by atoms with E-state index in [1.807, 2.05) is 24.3 Å². The molecule has 0 aliphatic rings. The lowest BCUT2D eigenvalue weighted by Gasteiger charge is -2.08. The Balaban J connectivity index is 1.99. The van der Waals surface area contributed by atoms with Crippen molar-refractivity contribution >= 4 is 16.5 Å². The molecule has 5 heteroatoms. The van der Waals surface area contributed by atoms with Crippen LogP contribution in [0.3, 0.4) is 0 Å². The minimum atomic E-state index is -0.258. The van der Waals surface area contributed by atoms with Crippen molar-refractivity contribution in [2.75, 3.05) is 5.73 Å². The highest BCUT2D eigenvalue weighted by Gasteiger charge is 2.07. The van der Waals surface area contributed by atoms with E-state index in [1.54, 1.807) is 24.3 Å². The fourth-order valence-electron chi connectivity index (χ4n) is 2.40. The second-order valence-corrected chi connectivity index (χ2v) is 4.89. The zero-order chi connectivity index (χ0) is 14.8. The number of nitrogens with one attached hydrogen (secondary N) is 1. The van der Waals surface area contributed by atoms with Crippen LogP contribution in [0.5, 0.6) is 0 Å². The van der Waals surface area contributed by atoms with Gasteiger partial charge >= 0.3 is 0 Å². The molecule has 21 heavy (non-hydrogen) atoms. The first-order valence-electron chi connectivity index (χ1n) is 6.72. The number of nitrogens with zero attached hydrogens (tertiary/aromatic N) is 1. The molecule has 106 valence electrons. The number of rotatable bonds is 3. The molecule has 1 heterocycles. The average molecular weight is 281 g/mol. The molecule has 0 fully saturated rings. The molecule has 3 aromatic rings. The SMILES string of the molecule is Nc1ccccc1CCn1[nH]c(=O)c2ccccc2c1=O. The highest BCUT2D eigenvalue weighted by atomic mass is 16.2. The summed E-state index contributed by atoms with van der Waals surface area (Å²) in [4.78, 5) is 24.3. The van der Waals surface area contributed by atoms with Gasteiger partial charge in [-0.1, -0.05) is 30.3 Å². The van der Waals surface area contributed by atoms with E-state index in [1.165, 1.54) is 4.68 Å². The number of hydrogen-bond donors (Lipinski definition) is 2. The Kier molecular flexibility index (Phi) is 3.31. The zero-order valence-corrected chi connectivity index (χ0v) is 11.4. The number of aromatic amines is 1. The maximum absolute atomic E-state index is 12.3. The molecule has 0 bridgehead atoms. The van der Waals surface area contributed by atoms with E-state index in [0.29, 0.717) is 29.4 Å². The first-order valence-corrected chi connectivity index (χ1v) is 6.72. The summed E-state index contributed by atoms with van der Waals surface area (Å²) in [6.45, 7) is 0.382. The normalized spacial score (nSPS) is 10.9. The van der Waals surface area contributed by atoms with Gasteiger partial charge in [0.2, 0.25) is 0 Å². The van der Waals surface area contributed by atoms with Crippen LogP contribution in [0, 0.1) is 0 Å². The summed E-state index contributed by atoms with van der Waals surface area (Å²) in [6, 6.07) is 14.3. The molecule has 0 aliphatic heterocycles. The van der Waals surface area contributed by atoms with Gasteiger partial charge in [0.25, 0.3) is 11.1 Å². The third-order valence-corrected chi connectivity index (χ3v) is 3.54. The number of aryl methyl sites for hydroxylation is 2. The van der Waals surface area contributed by atoms with Crippen molar-refractivity contribution in [2.24, 2.45) is 0 Å². The molecule has 3 rings (SSSR count). The summed E-state index contributed by atoms with van der Waals surface area (Å²) in [7, 11) is 0. The Hall–Kier alpha value is -2.82. The van der Waals surface area contributed by atoms with Gasteiger partial charge in [0.1, 0.15) is 0 Å². The number of nitrogens with two attached hydrogens (primary N) is 1. The molecule has 0 unspecified atom stereocenters. The minimum Gasteiger partial charge on any atom is -0.399 e. The van der Waals surface area contributed by atoms with Gasteiger partial charge in [0.15, 0.2) is 0 Å². The van der Waals surface area contributed by atoms with E-state index in [-0.39, 0.29) is 11.1 Å². The number of H-pyrrole nitrogens is 1. The molecule has 0 amide bonds. The number of anilines is 1. The molecule has 0 aliphatic carbocycles. The van der Waals surface area contributed by atoms with Crippen molar-refractivity contribution in [1.29, 1.82) is 0 Å². The maximum Gasteiger partial charge on any atom is 0.273 e. The third kappa shape index (κ3) is 2.45. The Labute approximate surface area is 120 Å². The van der Waals surface area contributed by atoms with Crippen LogP contribution in [0.15, 0.2) is 58.1 Å². The monoisotopic (exact) mass is 281 g/mol. The zero-order valence-electron chi connectivity index (χ0n) is 11.4. The first-order chi connectivity index (χ1) is 10.2. The van der Waals surface area contributed by atoms with Crippen LogP contribution < -0.4 is 16.9 Å². The highest BCUT2D eigenvalue weighted by Crippen LogP contribution is 2.11. The van der Waals surface area contributed by atoms with Crippen molar-refractivity contribution in [2.45, 2.75) is 13.0 Å². The maximum atomic E-state index is 12.3. The summed E-state index contributed by atoms with van der Waals surface area (Å²) >= 11 is 0. The quantitative estimate of drug-likeness (QED) is 0.714. The minimum absolute atomic E-state index is 0.195. The van der Waals surface area contributed by atoms with Crippen LogP contribution in [-0.4, -0.2) is 9.78 Å². The first kappa shape index (κ1) is 13.2. The van der Waals surface area contributed by atoms with E-state index in [0.717, 1.165) is 5.56 Å². The largest absolute Gasteiger partial charge is 0.399 e. The van der Waals surface area contributed by atoms with Crippen molar-refractivity contribution in [1.82, 2.24) is 9.78 Å². The number of benzene rings is 2. The van der Waals surface area contributed by atoms with Crippen LogP contribution in [0.4, 0.5) is 5.69 Å². The Morgan fingerprint density at radius 1 is 0.952 bits per heavy atom. The lowest BCUT2D eigenvalue weighted by Crippen LogP contribution is -2.30. The lowest BCUT2D eigenvalue weighted by molar-refractivity contribution is 0.577. The molecule has 0 saturated heterocycles. The average Bonchev–Trinajstić information content (AvgIpc) is 2.51. The summed E-state index contributed by atoms with van der Waals surface area (Å²) in [6.07, 6.45) is 0.584. The third-order valence-electron chi connectivity index (χ3n) is 3.54. The molecule has 0 saturated carbocycles. The summed E-state index contributed by atoms with van der Waals surface area (Å²) < 4.78 is 1.34. The molecule has 1 aromatic heterocycles. The van der Waals surface area contributed by atoms with E-state index >= 15 is 0 Å². The van der Waals surface area contributed by atoms with Gasteiger partial charge in [-0.25, -0.2) is 4.68 Å². The fraction of sp³-hybridized carbons (Fsp3) is 0.125. The smallest absolute Gasteiger partial charge is 0.273 e. The molecule has 2 aromatic carbocycles. The lowest BCUT2D eigenvalue weighted by atomic mass is 10.1. The number of aromatic nitrogens is 2. The van der Waals surface area contributed by atoms with Crippen molar-refractivity contribution < 1.29 is 0 Å². The van der Waals surface area contributed by atoms with Crippen LogP contribution >= 0.6 is 0 Å². The van der Waals surface area contributed by atoms with Gasteiger partial charge in [-0.2, -0.15) is 0 Å². The number of hydrogen-bond acceptors (Lipinski definition) is 3. The highest BCUT2D eigenvalue weighted by molar-refractivity contribution is 5.80. The van der Waals surface area contributed by atoms with Gasteiger partial charge in [-0.15, -0.1) is 0 Å². The fourth-order valence-corrected chi connectivity index (χ4v) is 2.40. The van der Waals surface area contributed by atoms with Gasteiger partial charge in [-0.3, -0.25) is 14.7 Å². The topological polar surface area (TPSA) is 80.9 Å². The number of fused-ring (bicyclic) bond motifs is 1. The van der Waals surface area contributed by atoms with E-state index in [9.17, 15) is 9.59 Å². The van der Waals surface area contributed by atoms with Gasteiger partial charge in [0, 0.05) is 12.2 Å². The Bertz CT molecular complexity index is 909.